The van der Waals surface area contributed by atoms with Gasteiger partial charge in [0.2, 0.25) is 5.43 Å². The zero-order valence-electron chi connectivity index (χ0n) is 21.0. The monoisotopic (exact) mass is 557 g/mol. The van der Waals surface area contributed by atoms with Gasteiger partial charge in [0.1, 0.15) is 23.0 Å². The molecule has 3 aliphatic heterocycles. The second-order valence-corrected chi connectivity index (χ2v) is 10.1. The van der Waals surface area contributed by atoms with Crippen LogP contribution < -0.4 is 10.7 Å². The van der Waals surface area contributed by atoms with Crippen molar-refractivity contribution >= 4 is 17.6 Å². The van der Waals surface area contributed by atoms with Crippen LogP contribution in [0.25, 0.3) is 0 Å². The molecule has 2 bridgehead atoms. The van der Waals surface area contributed by atoms with E-state index in [4.69, 9.17) is 4.84 Å². The van der Waals surface area contributed by atoms with Gasteiger partial charge in [0.15, 0.2) is 22.9 Å². The molecular weight excluding hydrogens is 535 g/mol. The number of rotatable bonds is 3. The minimum absolute atomic E-state index is 0.141. The fourth-order valence-corrected chi connectivity index (χ4v) is 5.57. The predicted molar refractivity (Wildman–Crippen MR) is 130 cm³/mol. The Labute approximate surface area is 223 Å². The predicted octanol–water partition coefficient (Wildman–Crippen LogP) is 1.69. The Balaban J connectivity index is 1.39. The van der Waals surface area contributed by atoms with Gasteiger partial charge in [-0.2, -0.15) is 0 Å². The second kappa shape index (κ2) is 9.20. The summed E-state index contributed by atoms with van der Waals surface area (Å²) in [6.45, 7) is 1.29. The number of hydrogen-bond acceptors (Lipinski definition) is 8. The van der Waals surface area contributed by atoms with E-state index in [1.165, 1.54) is 15.4 Å². The second-order valence-electron chi connectivity index (χ2n) is 10.1. The maximum absolute atomic E-state index is 14.1. The summed E-state index contributed by atoms with van der Waals surface area (Å²) >= 11 is 0. The number of fused-ring (bicyclic) bond motifs is 5. The van der Waals surface area contributed by atoms with Gasteiger partial charge in [0, 0.05) is 43.0 Å². The third-order valence-electron chi connectivity index (χ3n) is 7.76. The average molecular weight is 557 g/mol. The van der Waals surface area contributed by atoms with Crippen LogP contribution in [0.15, 0.2) is 40.7 Å². The van der Waals surface area contributed by atoms with Crippen LogP contribution in [0.3, 0.4) is 0 Å². The number of nitrogens with one attached hydrogen (secondary N) is 1. The molecule has 0 saturated carbocycles. The first-order valence-corrected chi connectivity index (χ1v) is 12.4. The van der Waals surface area contributed by atoms with E-state index < -0.39 is 69.8 Å². The number of oxime groups is 1. The molecular formula is C25H22F3N7O5. The van der Waals surface area contributed by atoms with Crippen LogP contribution in [0.2, 0.25) is 0 Å². The van der Waals surface area contributed by atoms with Gasteiger partial charge in [-0.25, -0.2) is 17.9 Å². The summed E-state index contributed by atoms with van der Waals surface area (Å²) in [4.78, 5) is 47.1. The molecule has 2 aromatic heterocycles. The van der Waals surface area contributed by atoms with Crippen molar-refractivity contribution in [2.75, 3.05) is 6.54 Å². The summed E-state index contributed by atoms with van der Waals surface area (Å²) in [6, 6.07) is -0.00334. The van der Waals surface area contributed by atoms with Crippen LogP contribution in [0.1, 0.15) is 58.6 Å². The molecule has 5 heterocycles. The first-order chi connectivity index (χ1) is 19.1. The Morgan fingerprint density at radius 2 is 2.00 bits per heavy atom. The first-order valence-electron chi connectivity index (χ1n) is 12.4. The first kappa shape index (κ1) is 25.6. The number of amides is 2. The molecule has 0 unspecified atom stereocenters. The summed E-state index contributed by atoms with van der Waals surface area (Å²) < 4.78 is 44.2. The fraction of sp³-hybridized carbons (Fsp3) is 0.360. The summed E-state index contributed by atoms with van der Waals surface area (Å²) in [5.41, 5.74) is -3.63. The molecule has 3 atom stereocenters. The molecule has 208 valence electrons. The molecule has 1 spiro atoms. The molecule has 2 amide bonds. The van der Waals surface area contributed by atoms with Gasteiger partial charge in [-0.1, -0.05) is 10.4 Å². The number of benzene rings is 1. The molecule has 3 aromatic rings. The average Bonchev–Trinajstić information content (AvgIpc) is 3.57. The summed E-state index contributed by atoms with van der Waals surface area (Å²) in [6.07, 6.45) is 5.45. The lowest BCUT2D eigenvalue weighted by molar-refractivity contribution is -0.0655. The van der Waals surface area contributed by atoms with Gasteiger partial charge >= 0.3 is 0 Å². The Morgan fingerprint density at radius 1 is 1.25 bits per heavy atom. The maximum atomic E-state index is 14.1. The lowest BCUT2D eigenvalue weighted by Gasteiger charge is -2.41. The molecule has 1 aromatic carbocycles. The number of aromatic nitrogens is 4. The van der Waals surface area contributed by atoms with Crippen molar-refractivity contribution < 1.29 is 32.7 Å². The number of pyridine rings is 1. The van der Waals surface area contributed by atoms with E-state index in [0.29, 0.717) is 30.8 Å². The van der Waals surface area contributed by atoms with Crippen LogP contribution in [-0.4, -0.2) is 65.4 Å². The van der Waals surface area contributed by atoms with E-state index in [-0.39, 0.29) is 24.7 Å². The van der Waals surface area contributed by atoms with Crippen molar-refractivity contribution in [1.82, 2.24) is 29.8 Å². The van der Waals surface area contributed by atoms with E-state index in [2.05, 4.69) is 20.8 Å². The van der Waals surface area contributed by atoms with Gasteiger partial charge in [0.05, 0.1) is 24.9 Å². The molecule has 3 aliphatic rings. The summed E-state index contributed by atoms with van der Waals surface area (Å²) in [5.74, 6) is -5.69. The Bertz CT molecular complexity index is 1620. The molecule has 6 rings (SSSR count). The number of nitrogens with zero attached hydrogens (tertiary/aromatic N) is 6. The fourth-order valence-electron chi connectivity index (χ4n) is 5.57. The Morgan fingerprint density at radius 3 is 2.70 bits per heavy atom. The zero-order valence-corrected chi connectivity index (χ0v) is 21.0. The maximum Gasteiger partial charge on any atom is 0.274 e. The topological polar surface area (TPSA) is 144 Å². The number of halogens is 3. The van der Waals surface area contributed by atoms with Gasteiger partial charge in [-0.3, -0.25) is 14.4 Å². The van der Waals surface area contributed by atoms with E-state index >= 15 is 0 Å². The Kier molecular flexibility index (Phi) is 5.89. The highest BCUT2D eigenvalue weighted by Crippen LogP contribution is 2.46. The van der Waals surface area contributed by atoms with E-state index in [0.717, 1.165) is 6.20 Å². The largest absolute Gasteiger partial charge is 0.503 e. The van der Waals surface area contributed by atoms with Gasteiger partial charge in [-0.05, 0) is 19.8 Å². The Hall–Kier alpha value is -4.69. The molecule has 1 saturated heterocycles. The normalized spacial score (nSPS) is 23.4. The third kappa shape index (κ3) is 3.91. The van der Waals surface area contributed by atoms with Gasteiger partial charge < -0.3 is 24.7 Å². The molecule has 2 N–H and O–H groups in total. The minimum atomic E-state index is -1.22. The lowest BCUT2D eigenvalue weighted by Crippen LogP contribution is -2.52. The molecule has 12 nitrogen and oxygen atoms in total. The van der Waals surface area contributed by atoms with Crippen molar-refractivity contribution in [2.24, 2.45) is 5.16 Å². The van der Waals surface area contributed by atoms with Crippen LogP contribution in [0.5, 0.6) is 5.75 Å². The van der Waals surface area contributed by atoms with Gasteiger partial charge in [0.25, 0.3) is 11.8 Å². The molecule has 15 heteroatoms. The quantitative estimate of drug-likeness (QED) is 0.499. The van der Waals surface area contributed by atoms with Crippen molar-refractivity contribution in [2.45, 2.75) is 50.4 Å². The van der Waals surface area contributed by atoms with Crippen LogP contribution in [0.4, 0.5) is 13.2 Å². The minimum Gasteiger partial charge on any atom is -0.503 e. The van der Waals surface area contributed by atoms with Crippen LogP contribution in [0, 0.1) is 17.5 Å². The molecule has 0 radical (unpaired) electrons. The highest BCUT2D eigenvalue weighted by molar-refractivity contribution is 5.99. The standard InChI is InChI=1S/C25H22F3N7O5/c1-12-2-3-25(8-19(31-40-25)35-5-4-30-32-35)18-11-33(12)24(39)20-22(37)21(36)15(10-34(18)20)23(38)29-9-14-16(27)6-13(26)7-17(14)28/h4-7,10,12,18,37H,2-3,8-9,11H2,1H3,(H,29,38)/t12-,18+,25-/m0/s1. The third-order valence-corrected chi connectivity index (χ3v) is 7.76. The smallest absolute Gasteiger partial charge is 0.274 e. The van der Waals surface area contributed by atoms with Crippen LogP contribution in [-0.2, 0) is 11.4 Å². The van der Waals surface area contributed by atoms with Crippen molar-refractivity contribution in [1.29, 1.82) is 0 Å². The van der Waals surface area contributed by atoms with Gasteiger partial charge in [-0.15, -0.1) is 5.10 Å². The van der Waals surface area contributed by atoms with Crippen LogP contribution >= 0.6 is 0 Å². The lowest BCUT2D eigenvalue weighted by atomic mass is 9.85. The highest BCUT2D eigenvalue weighted by atomic mass is 19.1. The number of carbonyl (C=O) groups excluding carboxylic acids is 2. The van der Waals surface area contributed by atoms with E-state index in [1.54, 1.807) is 11.1 Å². The number of aromatic hydroxyl groups is 1. The van der Waals surface area contributed by atoms with E-state index in [1.807, 2.05) is 6.92 Å². The zero-order chi connectivity index (χ0) is 28.3. The SMILES string of the molecule is C[C@H]1CC[C@]2(CC(n3ccnn3)=NO2)[C@H]2CN1C(=O)c1c(O)c(=O)c(C(=O)NCc3c(F)cc(F)cc3F)cn12. The molecule has 1 fully saturated rings. The summed E-state index contributed by atoms with van der Waals surface area (Å²) in [5, 5.41) is 25.1. The molecule has 40 heavy (non-hydrogen) atoms. The number of carbonyl (C=O) groups is 2. The number of hydrogen-bond donors (Lipinski definition) is 2. The van der Waals surface area contributed by atoms with Crippen molar-refractivity contribution in [3.05, 3.63) is 75.2 Å². The van der Waals surface area contributed by atoms with E-state index in [9.17, 15) is 32.7 Å². The highest BCUT2D eigenvalue weighted by Gasteiger charge is 2.54. The van der Waals surface area contributed by atoms with Crippen molar-refractivity contribution in [3.63, 3.8) is 0 Å². The van der Waals surface area contributed by atoms with Crippen molar-refractivity contribution in [3.8, 4) is 5.75 Å². The molecule has 0 aliphatic carbocycles. The summed E-state index contributed by atoms with van der Waals surface area (Å²) in [7, 11) is 0.